The van der Waals surface area contributed by atoms with E-state index in [4.69, 9.17) is 4.98 Å². The molecule has 292 valence electrons. The molecule has 1 spiro atoms. The summed E-state index contributed by atoms with van der Waals surface area (Å²) in [5.41, 5.74) is 22.5. The summed E-state index contributed by atoms with van der Waals surface area (Å²) in [7, 11) is 0. The van der Waals surface area contributed by atoms with Gasteiger partial charge in [0.15, 0.2) is 0 Å². The third-order valence-electron chi connectivity index (χ3n) is 13.0. The van der Waals surface area contributed by atoms with Crippen molar-refractivity contribution >= 4 is 0 Å². The second kappa shape index (κ2) is 14.6. The van der Waals surface area contributed by atoms with Crippen LogP contribution in [-0.4, -0.2) is 9.97 Å². The number of benzene rings is 8. The van der Waals surface area contributed by atoms with Gasteiger partial charge in [0, 0.05) is 29.1 Å². The van der Waals surface area contributed by atoms with E-state index in [-0.39, 0.29) is 0 Å². The Kier molecular flexibility index (Phi) is 8.45. The highest BCUT2D eigenvalue weighted by molar-refractivity contribution is 5.96. The molecule has 0 unspecified atom stereocenters. The summed E-state index contributed by atoms with van der Waals surface area (Å²) in [5, 5.41) is 10.2. The molecule has 0 aliphatic heterocycles. The average molecular weight is 800 g/mol. The summed E-state index contributed by atoms with van der Waals surface area (Å²) < 4.78 is 0. The summed E-state index contributed by atoms with van der Waals surface area (Å²) in [4.78, 5) is 9.94. The number of fused-ring (bicyclic) bond motifs is 10. The smallest absolute Gasteiger partial charge is 0.0991 e. The Labute approximate surface area is 366 Å². The Morgan fingerprint density at radius 3 is 1.46 bits per heavy atom. The van der Waals surface area contributed by atoms with E-state index in [1.165, 1.54) is 44.5 Å². The predicted octanol–water partition coefficient (Wildman–Crippen LogP) is 14.7. The van der Waals surface area contributed by atoms with Crippen LogP contribution in [0, 0.1) is 11.3 Å². The van der Waals surface area contributed by atoms with Gasteiger partial charge >= 0.3 is 0 Å². The minimum Gasteiger partial charge on any atom is -0.264 e. The van der Waals surface area contributed by atoms with E-state index in [1.54, 1.807) is 0 Å². The third-order valence-corrected chi connectivity index (χ3v) is 13.0. The number of aromatic nitrogens is 2. The maximum atomic E-state index is 10.2. The van der Waals surface area contributed by atoms with Crippen LogP contribution in [0.15, 0.2) is 225 Å². The number of rotatable bonds is 6. The first kappa shape index (κ1) is 36.4. The lowest BCUT2D eigenvalue weighted by Crippen LogP contribution is -2.26. The second-order valence-electron chi connectivity index (χ2n) is 16.5. The van der Waals surface area contributed by atoms with Gasteiger partial charge in [0.2, 0.25) is 0 Å². The minimum absolute atomic E-state index is 0.582. The quantitative estimate of drug-likeness (QED) is 0.168. The third kappa shape index (κ3) is 5.88. The molecule has 2 aromatic heterocycles. The molecule has 12 rings (SSSR count). The molecule has 2 aliphatic carbocycles. The minimum atomic E-state index is -0.582. The van der Waals surface area contributed by atoms with Crippen LogP contribution in [-0.2, 0) is 5.41 Å². The molecule has 8 aromatic carbocycles. The van der Waals surface area contributed by atoms with Crippen LogP contribution in [0.2, 0.25) is 0 Å². The van der Waals surface area contributed by atoms with Crippen LogP contribution >= 0.6 is 0 Å². The van der Waals surface area contributed by atoms with Crippen molar-refractivity contribution in [3.63, 3.8) is 0 Å². The maximum Gasteiger partial charge on any atom is 0.0991 e. The topological polar surface area (TPSA) is 49.6 Å². The van der Waals surface area contributed by atoms with Crippen molar-refractivity contribution in [1.29, 1.82) is 5.26 Å². The molecule has 3 nitrogen and oxygen atoms in total. The molecular formula is C60H37N3. The van der Waals surface area contributed by atoms with Gasteiger partial charge < -0.3 is 0 Å². The van der Waals surface area contributed by atoms with Gasteiger partial charge in [-0.15, -0.1) is 0 Å². The van der Waals surface area contributed by atoms with Crippen molar-refractivity contribution in [1.82, 2.24) is 9.97 Å². The summed E-state index contributed by atoms with van der Waals surface area (Å²) in [6.45, 7) is 0. The van der Waals surface area contributed by atoms with E-state index >= 15 is 0 Å². The van der Waals surface area contributed by atoms with Crippen molar-refractivity contribution < 1.29 is 0 Å². The van der Waals surface area contributed by atoms with E-state index in [2.05, 4.69) is 205 Å². The molecule has 63 heavy (non-hydrogen) atoms. The van der Waals surface area contributed by atoms with Crippen LogP contribution in [0.4, 0.5) is 0 Å². The number of pyridine rings is 2. The monoisotopic (exact) mass is 799 g/mol. The summed E-state index contributed by atoms with van der Waals surface area (Å²) >= 11 is 0. The van der Waals surface area contributed by atoms with E-state index in [0.717, 1.165) is 67.0 Å². The highest BCUT2D eigenvalue weighted by atomic mass is 14.7. The standard InChI is InChI=1S/C60H37N3/c61-37-39-21-27-52-53-28-26-44(34-57(53)60(56(52)30-39)54-19-9-7-17-50(54)51-18-8-10-20-55(51)60)46-31-47(45-16-11-29-62-38-45)33-49(32-46)59-36-48(35-58(63-59)43-14-5-2-6-15-43)42-24-22-41(23-25-42)40-12-3-1-4-13-40/h1-36,38H. The van der Waals surface area contributed by atoms with Crippen molar-refractivity contribution in [2.75, 3.05) is 0 Å². The molecule has 10 aromatic rings. The Morgan fingerprint density at radius 2 is 0.810 bits per heavy atom. The molecule has 2 heterocycles. The van der Waals surface area contributed by atoms with E-state index in [0.29, 0.717) is 5.56 Å². The van der Waals surface area contributed by atoms with Crippen LogP contribution in [0.25, 0.3) is 89.3 Å². The summed E-state index contributed by atoms with van der Waals surface area (Å²) in [6, 6.07) is 78.3. The molecule has 0 atom stereocenters. The van der Waals surface area contributed by atoms with Gasteiger partial charge in [-0.25, -0.2) is 4.98 Å². The van der Waals surface area contributed by atoms with Crippen molar-refractivity contribution in [3.8, 4) is 95.3 Å². The Bertz CT molecular complexity index is 3390. The summed E-state index contributed by atoms with van der Waals surface area (Å²) in [6.07, 6.45) is 3.76. The molecule has 0 saturated carbocycles. The Hall–Kier alpha value is -8.45. The molecule has 2 aliphatic rings. The average Bonchev–Trinajstić information content (AvgIpc) is 3.83. The van der Waals surface area contributed by atoms with E-state index < -0.39 is 5.41 Å². The van der Waals surface area contributed by atoms with Crippen LogP contribution in [0.5, 0.6) is 0 Å². The molecule has 0 radical (unpaired) electrons. The molecular weight excluding hydrogens is 763 g/mol. The van der Waals surface area contributed by atoms with E-state index in [9.17, 15) is 5.26 Å². The van der Waals surface area contributed by atoms with Gasteiger partial charge in [-0.1, -0.05) is 158 Å². The number of nitriles is 1. The highest BCUT2D eigenvalue weighted by Gasteiger charge is 2.51. The highest BCUT2D eigenvalue weighted by Crippen LogP contribution is 2.63. The first-order valence-electron chi connectivity index (χ1n) is 21.3. The zero-order chi connectivity index (χ0) is 41.9. The first-order chi connectivity index (χ1) is 31.2. The fraction of sp³-hybridized carbons (Fsp3) is 0.0167. The Morgan fingerprint density at radius 1 is 0.333 bits per heavy atom. The van der Waals surface area contributed by atoms with Gasteiger partial charge in [-0.3, -0.25) is 4.98 Å². The van der Waals surface area contributed by atoms with Gasteiger partial charge in [0.1, 0.15) is 0 Å². The molecule has 0 fully saturated rings. The lowest BCUT2D eigenvalue weighted by Gasteiger charge is -2.30. The largest absolute Gasteiger partial charge is 0.264 e. The molecule has 0 N–H and O–H groups in total. The lowest BCUT2D eigenvalue weighted by molar-refractivity contribution is 0.793. The van der Waals surface area contributed by atoms with E-state index in [1.807, 2.05) is 30.6 Å². The molecule has 3 heteroatoms. The number of hydrogen-bond acceptors (Lipinski definition) is 3. The SMILES string of the molecule is N#Cc1ccc2c(c1)C1(c3ccccc3-c3ccccc31)c1cc(-c3cc(-c4cccnc4)cc(-c4cc(-c5ccc(-c6ccccc6)cc5)cc(-c5ccccc5)n4)c3)ccc1-2. The fourth-order valence-corrected chi connectivity index (χ4v) is 10.1. The first-order valence-corrected chi connectivity index (χ1v) is 21.3. The van der Waals surface area contributed by atoms with Gasteiger partial charge in [-0.2, -0.15) is 5.26 Å². The van der Waals surface area contributed by atoms with Gasteiger partial charge in [0.05, 0.1) is 28.4 Å². The molecule has 0 amide bonds. The molecule has 0 bridgehead atoms. The number of nitrogens with zero attached hydrogens (tertiary/aromatic N) is 3. The summed E-state index contributed by atoms with van der Waals surface area (Å²) in [5.74, 6) is 0. The zero-order valence-electron chi connectivity index (χ0n) is 34.2. The number of hydrogen-bond donors (Lipinski definition) is 0. The van der Waals surface area contributed by atoms with Gasteiger partial charge in [-0.05, 0) is 138 Å². The molecule has 0 saturated heterocycles. The zero-order valence-corrected chi connectivity index (χ0v) is 34.2. The van der Waals surface area contributed by atoms with Gasteiger partial charge in [0.25, 0.3) is 0 Å². The van der Waals surface area contributed by atoms with Crippen molar-refractivity contribution in [2.45, 2.75) is 5.41 Å². The van der Waals surface area contributed by atoms with Crippen LogP contribution < -0.4 is 0 Å². The normalized spacial score (nSPS) is 12.6. The maximum absolute atomic E-state index is 10.2. The van der Waals surface area contributed by atoms with Crippen molar-refractivity contribution in [3.05, 3.63) is 253 Å². The van der Waals surface area contributed by atoms with Crippen molar-refractivity contribution in [2.24, 2.45) is 0 Å². The predicted molar refractivity (Wildman–Crippen MR) is 256 cm³/mol. The van der Waals surface area contributed by atoms with Crippen LogP contribution in [0.1, 0.15) is 27.8 Å². The second-order valence-corrected chi connectivity index (χ2v) is 16.5. The van der Waals surface area contributed by atoms with Crippen LogP contribution in [0.3, 0.4) is 0 Å². The Balaban J connectivity index is 1.07. The fourth-order valence-electron chi connectivity index (χ4n) is 10.1. The lowest BCUT2D eigenvalue weighted by atomic mass is 9.70.